The largest absolute Gasteiger partial charge is 0.317 e. The van der Waals surface area contributed by atoms with E-state index in [0.717, 1.165) is 5.92 Å². The van der Waals surface area contributed by atoms with Crippen LogP contribution in [-0.2, 0) is 6.42 Å². The zero-order valence-electron chi connectivity index (χ0n) is 11.6. The predicted molar refractivity (Wildman–Crippen MR) is 82.4 cm³/mol. The number of hydrogen-bond donors (Lipinski definition) is 1. The fourth-order valence-electron chi connectivity index (χ4n) is 2.81. The third-order valence-electron chi connectivity index (χ3n) is 3.93. The lowest BCUT2D eigenvalue weighted by Crippen LogP contribution is -2.31. The Bertz CT molecular complexity index is 358. The van der Waals surface area contributed by atoms with Crippen LogP contribution in [0.4, 0.5) is 0 Å². The molecule has 18 heavy (non-hydrogen) atoms. The molecule has 1 nitrogen and oxygen atoms in total. The molecule has 1 fully saturated rings. The lowest BCUT2D eigenvalue weighted by molar-refractivity contribution is 0.376. The third kappa shape index (κ3) is 4.33. The highest BCUT2D eigenvalue weighted by atomic mass is 32.2. The summed E-state index contributed by atoms with van der Waals surface area (Å²) in [5.41, 5.74) is 2.84. The second kappa shape index (κ2) is 7.20. The van der Waals surface area contributed by atoms with E-state index in [1.165, 1.54) is 48.3 Å². The van der Waals surface area contributed by atoms with Crippen molar-refractivity contribution in [1.29, 1.82) is 0 Å². The summed E-state index contributed by atoms with van der Waals surface area (Å²) in [6.45, 7) is 2.18. The highest BCUT2D eigenvalue weighted by Crippen LogP contribution is 2.27. The van der Waals surface area contributed by atoms with Crippen molar-refractivity contribution in [2.24, 2.45) is 5.92 Å². The SMILES string of the molecule is CNC(Cc1cccc(C)c1)CC1CCSCC1. The Morgan fingerprint density at radius 3 is 2.78 bits per heavy atom. The quantitative estimate of drug-likeness (QED) is 0.870. The first-order valence-corrected chi connectivity index (χ1v) is 8.24. The van der Waals surface area contributed by atoms with Gasteiger partial charge in [0, 0.05) is 6.04 Å². The molecular formula is C16H25NS. The van der Waals surface area contributed by atoms with Gasteiger partial charge in [-0.05, 0) is 62.6 Å². The maximum atomic E-state index is 3.51. The van der Waals surface area contributed by atoms with Crippen molar-refractivity contribution >= 4 is 11.8 Å². The lowest BCUT2D eigenvalue weighted by atomic mass is 9.91. The van der Waals surface area contributed by atoms with E-state index >= 15 is 0 Å². The van der Waals surface area contributed by atoms with Gasteiger partial charge >= 0.3 is 0 Å². The van der Waals surface area contributed by atoms with Crippen molar-refractivity contribution in [3.05, 3.63) is 35.4 Å². The monoisotopic (exact) mass is 263 g/mol. The molecule has 1 saturated heterocycles. The molecule has 1 N–H and O–H groups in total. The molecule has 1 unspecified atom stereocenters. The number of likely N-dealkylation sites (N-methyl/N-ethyl adjacent to an activating group) is 1. The summed E-state index contributed by atoms with van der Waals surface area (Å²) in [5, 5.41) is 3.51. The van der Waals surface area contributed by atoms with Crippen LogP contribution in [0, 0.1) is 12.8 Å². The molecule has 100 valence electrons. The maximum absolute atomic E-state index is 3.51. The van der Waals surface area contributed by atoms with Gasteiger partial charge in [0.1, 0.15) is 0 Å². The van der Waals surface area contributed by atoms with Gasteiger partial charge in [0.15, 0.2) is 0 Å². The number of thioether (sulfide) groups is 1. The van der Waals surface area contributed by atoms with Crippen LogP contribution in [-0.4, -0.2) is 24.6 Å². The molecule has 2 rings (SSSR count). The van der Waals surface area contributed by atoms with E-state index in [4.69, 9.17) is 0 Å². The van der Waals surface area contributed by atoms with Gasteiger partial charge in [0.05, 0.1) is 0 Å². The summed E-state index contributed by atoms with van der Waals surface area (Å²) in [6, 6.07) is 9.57. The number of nitrogens with one attached hydrogen (secondary N) is 1. The van der Waals surface area contributed by atoms with Crippen LogP contribution in [0.2, 0.25) is 0 Å². The average molecular weight is 263 g/mol. The Balaban J connectivity index is 1.88. The Kier molecular flexibility index (Phi) is 5.58. The van der Waals surface area contributed by atoms with Crippen molar-refractivity contribution in [1.82, 2.24) is 5.32 Å². The van der Waals surface area contributed by atoms with Crippen LogP contribution in [0.1, 0.15) is 30.4 Å². The zero-order valence-corrected chi connectivity index (χ0v) is 12.4. The minimum Gasteiger partial charge on any atom is -0.317 e. The molecule has 0 saturated carbocycles. The molecule has 0 bridgehead atoms. The van der Waals surface area contributed by atoms with E-state index in [0.29, 0.717) is 6.04 Å². The minimum atomic E-state index is 0.639. The average Bonchev–Trinajstić information content (AvgIpc) is 2.39. The van der Waals surface area contributed by atoms with Crippen LogP contribution in [0.25, 0.3) is 0 Å². The molecule has 0 aromatic heterocycles. The van der Waals surface area contributed by atoms with Gasteiger partial charge < -0.3 is 5.32 Å². The number of aryl methyl sites for hydroxylation is 1. The first kappa shape index (κ1) is 14.0. The van der Waals surface area contributed by atoms with Crippen molar-refractivity contribution in [2.75, 3.05) is 18.6 Å². The molecule has 0 amide bonds. The van der Waals surface area contributed by atoms with Crippen LogP contribution >= 0.6 is 11.8 Å². The molecule has 1 aromatic rings. The van der Waals surface area contributed by atoms with Gasteiger partial charge in [-0.2, -0.15) is 11.8 Å². The van der Waals surface area contributed by atoms with Gasteiger partial charge in [-0.3, -0.25) is 0 Å². The van der Waals surface area contributed by atoms with Gasteiger partial charge in [-0.1, -0.05) is 29.8 Å². The van der Waals surface area contributed by atoms with Gasteiger partial charge in [0.2, 0.25) is 0 Å². The normalized spacial score (nSPS) is 18.8. The minimum absolute atomic E-state index is 0.639. The summed E-state index contributed by atoms with van der Waals surface area (Å²) in [6.07, 6.45) is 5.33. The Hall–Kier alpha value is -0.470. The Morgan fingerprint density at radius 1 is 1.33 bits per heavy atom. The summed E-state index contributed by atoms with van der Waals surface area (Å²) >= 11 is 2.12. The second-order valence-electron chi connectivity index (χ2n) is 5.47. The van der Waals surface area contributed by atoms with Gasteiger partial charge in [-0.15, -0.1) is 0 Å². The van der Waals surface area contributed by atoms with E-state index in [-0.39, 0.29) is 0 Å². The van der Waals surface area contributed by atoms with E-state index in [1.54, 1.807) is 0 Å². The van der Waals surface area contributed by atoms with E-state index in [1.807, 2.05) is 0 Å². The first-order valence-electron chi connectivity index (χ1n) is 7.08. The molecule has 2 heteroatoms. The molecule has 1 aromatic carbocycles. The van der Waals surface area contributed by atoms with Crippen LogP contribution in [0.15, 0.2) is 24.3 Å². The molecule has 1 atom stereocenters. The third-order valence-corrected chi connectivity index (χ3v) is 4.98. The van der Waals surface area contributed by atoms with Crippen molar-refractivity contribution < 1.29 is 0 Å². The van der Waals surface area contributed by atoms with Crippen LogP contribution < -0.4 is 5.32 Å². The van der Waals surface area contributed by atoms with Crippen molar-refractivity contribution in [3.8, 4) is 0 Å². The molecule has 1 aliphatic rings. The van der Waals surface area contributed by atoms with E-state index in [9.17, 15) is 0 Å². The van der Waals surface area contributed by atoms with E-state index in [2.05, 4.69) is 55.3 Å². The Labute approximate surface area is 116 Å². The molecule has 1 aliphatic heterocycles. The van der Waals surface area contributed by atoms with Gasteiger partial charge in [0.25, 0.3) is 0 Å². The molecule has 0 aliphatic carbocycles. The van der Waals surface area contributed by atoms with Crippen LogP contribution in [0.3, 0.4) is 0 Å². The molecule has 0 radical (unpaired) electrons. The summed E-state index contributed by atoms with van der Waals surface area (Å²) in [5.74, 6) is 3.67. The van der Waals surface area contributed by atoms with Gasteiger partial charge in [-0.25, -0.2) is 0 Å². The van der Waals surface area contributed by atoms with E-state index < -0.39 is 0 Å². The Morgan fingerprint density at radius 2 is 2.11 bits per heavy atom. The number of benzene rings is 1. The van der Waals surface area contributed by atoms with Crippen LogP contribution in [0.5, 0.6) is 0 Å². The summed E-state index contributed by atoms with van der Waals surface area (Å²) in [4.78, 5) is 0. The highest BCUT2D eigenvalue weighted by Gasteiger charge is 2.18. The first-order chi connectivity index (χ1) is 8.78. The standard InChI is InChI=1S/C16H25NS/c1-13-4-3-5-15(10-13)12-16(17-2)11-14-6-8-18-9-7-14/h3-5,10,14,16-17H,6-9,11-12H2,1-2H3. The second-order valence-corrected chi connectivity index (χ2v) is 6.69. The number of hydrogen-bond acceptors (Lipinski definition) is 2. The highest BCUT2D eigenvalue weighted by molar-refractivity contribution is 7.99. The fourth-order valence-corrected chi connectivity index (χ4v) is 4.02. The molecular weight excluding hydrogens is 238 g/mol. The molecule has 0 spiro atoms. The molecule has 1 heterocycles. The lowest BCUT2D eigenvalue weighted by Gasteiger charge is -2.26. The van der Waals surface area contributed by atoms with Crippen molar-refractivity contribution in [2.45, 2.75) is 38.6 Å². The number of rotatable bonds is 5. The maximum Gasteiger partial charge on any atom is 0.0107 e. The zero-order chi connectivity index (χ0) is 12.8. The smallest absolute Gasteiger partial charge is 0.0107 e. The predicted octanol–water partition coefficient (Wildman–Crippen LogP) is 3.66. The summed E-state index contributed by atoms with van der Waals surface area (Å²) in [7, 11) is 2.11. The topological polar surface area (TPSA) is 12.0 Å². The fraction of sp³-hybridized carbons (Fsp3) is 0.625. The van der Waals surface area contributed by atoms with Crippen molar-refractivity contribution in [3.63, 3.8) is 0 Å². The summed E-state index contributed by atoms with van der Waals surface area (Å²) < 4.78 is 0.